The van der Waals surface area contributed by atoms with E-state index in [1.807, 2.05) is 36.4 Å². The van der Waals surface area contributed by atoms with Gasteiger partial charge in [0.15, 0.2) is 0 Å². The normalized spacial score (nSPS) is 18.4. The molecule has 0 radical (unpaired) electrons. The number of ether oxygens (including phenoxy) is 2. The fourth-order valence-electron chi connectivity index (χ4n) is 4.68. The van der Waals surface area contributed by atoms with E-state index in [1.54, 1.807) is 0 Å². The molecule has 1 aliphatic carbocycles. The Kier molecular flexibility index (Phi) is 5.96. The van der Waals surface area contributed by atoms with Crippen molar-refractivity contribution in [3.8, 4) is 11.1 Å². The summed E-state index contributed by atoms with van der Waals surface area (Å²) in [5.41, 5.74) is 3.70. The van der Waals surface area contributed by atoms with Crippen LogP contribution in [-0.2, 0) is 14.3 Å². The highest BCUT2D eigenvalue weighted by Gasteiger charge is 2.44. The first-order chi connectivity index (χ1) is 17.0. The van der Waals surface area contributed by atoms with Gasteiger partial charge in [0.1, 0.15) is 12.1 Å². The number of carboxylic acid groups (broad SMARTS) is 1. The topological polar surface area (TPSA) is 114 Å². The highest BCUT2D eigenvalue weighted by atomic mass is 16.6. The van der Waals surface area contributed by atoms with E-state index in [-0.39, 0.29) is 31.1 Å². The Balaban J connectivity index is 1.26. The summed E-state index contributed by atoms with van der Waals surface area (Å²) in [6.07, 6.45) is -0.412. The number of rotatable bonds is 6. The number of carboxylic acids is 1. The predicted octanol–water partition coefficient (Wildman–Crippen LogP) is 4.02. The molecule has 3 aromatic rings. The molecule has 8 heteroatoms. The molecule has 178 valence electrons. The molecule has 1 unspecified atom stereocenters. The summed E-state index contributed by atoms with van der Waals surface area (Å²) in [4.78, 5) is 37.0. The second-order valence-corrected chi connectivity index (χ2v) is 8.67. The molecule has 1 fully saturated rings. The fraction of sp³-hybridized carbons (Fsp3) is 0.222. The number of hydrogen-bond donors (Lipinski definition) is 3. The lowest BCUT2D eigenvalue weighted by atomic mass is 9.97. The number of alkyl carbamates (subject to hydrolysis) is 1. The zero-order valence-corrected chi connectivity index (χ0v) is 18.8. The van der Waals surface area contributed by atoms with Gasteiger partial charge in [-0.2, -0.15) is 0 Å². The molecule has 3 N–H and O–H groups in total. The van der Waals surface area contributed by atoms with Crippen LogP contribution in [0.25, 0.3) is 11.1 Å². The number of fused-ring (bicyclic) bond motifs is 3. The standard InChI is InChI=1S/C27H24N2O6/c30-24(31)17-9-11-18(12-10-17)28-25(32)27(13-14-34-16-27)29-26(33)35-15-23-21-7-3-1-5-19(21)20-6-2-4-8-22(20)23/h1-12,23H,13-16H2,(H,28,32)(H,29,33)(H,30,31). The van der Waals surface area contributed by atoms with Crippen molar-refractivity contribution < 1.29 is 29.0 Å². The van der Waals surface area contributed by atoms with E-state index in [9.17, 15) is 14.4 Å². The zero-order chi connectivity index (χ0) is 24.4. The van der Waals surface area contributed by atoms with Crippen molar-refractivity contribution in [3.63, 3.8) is 0 Å². The van der Waals surface area contributed by atoms with Crippen LogP contribution in [0.4, 0.5) is 10.5 Å². The van der Waals surface area contributed by atoms with Crippen molar-refractivity contribution >= 4 is 23.7 Å². The Morgan fingerprint density at radius 3 is 2.14 bits per heavy atom. The van der Waals surface area contributed by atoms with E-state index in [0.29, 0.717) is 12.3 Å². The number of anilines is 1. The average molecular weight is 472 g/mol. The maximum Gasteiger partial charge on any atom is 0.408 e. The van der Waals surface area contributed by atoms with Crippen molar-refractivity contribution in [1.29, 1.82) is 0 Å². The van der Waals surface area contributed by atoms with Crippen LogP contribution in [0.1, 0.15) is 33.8 Å². The molecule has 3 aromatic carbocycles. The second-order valence-electron chi connectivity index (χ2n) is 8.67. The Labute approximate surface area is 201 Å². The average Bonchev–Trinajstić information content (AvgIpc) is 3.47. The molecule has 8 nitrogen and oxygen atoms in total. The van der Waals surface area contributed by atoms with Crippen LogP contribution in [0.15, 0.2) is 72.8 Å². The lowest BCUT2D eigenvalue weighted by Crippen LogP contribution is -2.57. The number of hydrogen-bond acceptors (Lipinski definition) is 5. The highest BCUT2D eigenvalue weighted by Crippen LogP contribution is 2.44. The second kappa shape index (κ2) is 9.23. The van der Waals surface area contributed by atoms with Crippen molar-refractivity contribution in [2.24, 2.45) is 0 Å². The van der Waals surface area contributed by atoms with Gasteiger partial charge < -0.3 is 25.2 Å². The summed E-state index contributed by atoms with van der Waals surface area (Å²) in [5, 5.41) is 14.5. The maximum atomic E-state index is 13.1. The summed E-state index contributed by atoms with van der Waals surface area (Å²) in [5.74, 6) is -1.60. The van der Waals surface area contributed by atoms with Crippen molar-refractivity contribution in [3.05, 3.63) is 89.5 Å². The molecule has 0 bridgehead atoms. The molecular weight excluding hydrogens is 448 g/mol. The predicted molar refractivity (Wildman–Crippen MR) is 128 cm³/mol. The van der Waals surface area contributed by atoms with Crippen LogP contribution in [0.2, 0.25) is 0 Å². The van der Waals surface area contributed by atoms with E-state index >= 15 is 0 Å². The number of carbonyl (C=O) groups is 3. The van der Waals surface area contributed by atoms with Crippen LogP contribution in [0.3, 0.4) is 0 Å². The molecule has 2 aliphatic rings. The zero-order valence-electron chi connectivity index (χ0n) is 18.8. The van der Waals surface area contributed by atoms with Crippen LogP contribution >= 0.6 is 0 Å². The summed E-state index contributed by atoms with van der Waals surface area (Å²) >= 11 is 0. The minimum absolute atomic E-state index is 0.0102. The molecule has 1 atom stereocenters. The SMILES string of the molecule is O=C(NC1(C(=O)Nc2ccc(C(=O)O)cc2)CCOC1)OCC1c2ccccc2-c2ccccc21. The van der Waals surface area contributed by atoms with Gasteiger partial charge in [0.25, 0.3) is 5.91 Å². The van der Waals surface area contributed by atoms with Gasteiger partial charge in [-0.1, -0.05) is 48.5 Å². The third-order valence-corrected chi connectivity index (χ3v) is 6.53. The number of amides is 2. The summed E-state index contributed by atoms with van der Waals surface area (Å²) in [6, 6.07) is 21.9. The van der Waals surface area contributed by atoms with Gasteiger partial charge in [-0.05, 0) is 46.5 Å². The van der Waals surface area contributed by atoms with Crippen LogP contribution in [-0.4, -0.2) is 48.4 Å². The Morgan fingerprint density at radius 2 is 1.57 bits per heavy atom. The van der Waals surface area contributed by atoms with Gasteiger partial charge in [-0.3, -0.25) is 4.79 Å². The minimum atomic E-state index is -1.28. The van der Waals surface area contributed by atoms with Gasteiger partial charge >= 0.3 is 12.1 Å². The smallest absolute Gasteiger partial charge is 0.408 e. The van der Waals surface area contributed by atoms with Crippen LogP contribution in [0, 0.1) is 0 Å². The van der Waals surface area contributed by atoms with E-state index in [2.05, 4.69) is 22.8 Å². The Bertz CT molecular complexity index is 1240. The fourth-order valence-corrected chi connectivity index (χ4v) is 4.68. The van der Waals surface area contributed by atoms with Gasteiger partial charge in [-0.25, -0.2) is 9.59 Å². The van der Waals surface area contributed by atoms with Crippen molar-refractivity contribution in [2.75, 3.05) is 25.1 Å². The highest BCUT2D eigenvalue weighted by molar-refractivity contribution is 6.00. The molecule has 0 spiro atoms. The molecule has 1 heterocycles. The van der Waals surface area contributed by atoms with Gasteiger partial charge in [0.2, 0.25) is 0 Å². The summed E-state index contributed by atoms with van der Waals surface area (Å²) < 4.78 is 11.1. The van der Waals surface area contributed by atoms with Crippen LogP contribution < -0.4 is 10.6 Å². The maximum absolute atomic E-state index is 13.1. The Hall–Kier alpha value is -4.17. The van der Waals surface area contributed by atoms with E-state index < -0.39 is 23.5 Å². The van der Waals surface area contributed by atoms with E-state index in [4.69, 9.17) is 14.6 Å². The van der Waals surface area contributed by atoms with Crippen molar-refractivity contribution in [1.82, 2.24) is 5.32 Å². The molecule has 0 saturated carbocycles. The lowest BCUT2D eigenvalue weighted by molar-refractivity contribution is -0.122. The van der Waals surface area contributed by atoms with Crippen LogP contribution in [0.5, 0.6) is 0 Å². The quantitative estimate of drug-likeness (QED) is 0.499. The van der Waals surface area contributed by atoms with E-state index in [1.165, 1.54) is 24.3 Å². The first-order valence-electron chi connectivity index (χ1n) is 11.3. The first kappa shape index (κ1) is 22.6. The molecule has 35 heavy (non-hydrogen) atoms. The van der Waals surface area contributed by atoms with Gasteiger partial charge in [-0.15, -0.1) is 0 Å². The number of nitrogens with one attached hydrogen (secondary N) is 2. The largest absolute Gasteiger partial charge is 0.478 e. The minimum Gasteiger partial charge on any atom is -0.478 e. The van der Waals surface area contributed by atoms with Gasteiger partial charge in [0, 0.05) is 24.6 Å². The lowest BCUT2D eigenvalue weighted by Gasteiger charge is -2.27. The molecule has 1 saturated heterocycles. The first-order valence-corrected chi connectivity index (χ1v) is 11.3. The molecular formula is C27H24N2O6. The van der Waals surface area contributed by atoms with Gasteiger partial charge in [0.05, 0.1) is 12.2 Å². The third kappa shape index (κ3) is 4.36. The number of benzene rings is 3. The number of carbonyl (C=O) groups excluding carboxylic acids is 2. The van der Waals surface area contributed by atoms with E-state index in [0.717, 1.165) is 22.3 Å². The Morgan fingerprint density at radius 1 is 0.943 bits per heavy atom. The number of aromatic carboxylic acids is 1. The van der Waals surface area contributed by atoms with Crippen molar-refractivity contribution in [2.45, 2.75) is 17.9 Å². The monoisotopic (exact) mass is 472 g/mol. The molecule has 2 amide bonds. The molecule has 1 aliphatic heterocycles. The molecule has 0 aromatic heterocycles. The summed E-state index contributed by atoms with van der Waals surface area (Å²) in [6.45, 7) is 0.459. The third-order valence-electron chi connectivity index (χ3n) is 6.53. The summed E-state index contributed by atoms with van der Waals surface area (Å²) in [7, 11) is 0. The molecule has 5 rings (SSSR count).